The Balaban J connectivity index is 0.000000748. The highest BCUT2D eigenvalue weighted by atomic mass is 35.5. The molecule has 0 fully saturated rings. The minimum absolute atomic E-state index is 0.184. The van der Waals surface area contributed by atoms with Crippen LogP contribution in [0, 0.1) is 0 Å². The van der Waals surface area contributed by atoms with E-state index in [-0.39, 0.29) is 22.9 Å². The fourth-order valence-electron chi connectivity index (χ4n) is 4.25. The number of rotatable bonds is 11. The van der Waals surface area contributed by atoms with Gasteiger partial charge in [0.2, 0.25) is 0 Å². The number of halogens is 8. The van der Waals surface area contributed by atoms with Crippen LogP contribution in [-0.2, 0) is 16.0 Å². The molecule has 2 amide bonds. The van der Waals surface area contributed by atoms with Crippen LogP contribution in [-0.4, -0.2) is 86.1 Å². The normalized spacial score (nSPS) is 14.5. The third-order valence-corrected chi connectivity index (χ3v) is 7.67. The topological polar surface area (TPSA) is 183 Å². The summed E-state index contributed by atoms with van der Waals surface area (Å²) in [6, 6.07) is 9.14. The quantitative estimate of drug-likeness (QED) is 0.0735. The molecule has 2 atom stereocenters. The molecule has 280 valence electrons. The molecule has 50 heavy (non-hydrogen) atoms. The van der Waals surface area contributed by atoms with Crippen LogP contribution in [0.15, 0.2) is 30.3 Å². The number of nitrogens with zero attached hydrogens (tertiary/aromatic N) is 1. The van der Waals surface area contributed by atoms with Crippen LogP contribution < -0.4 is 31.3 Å². The number of hydrogen-bond donors (Lipinski definition) is 6. The zero-order valence-corrected chi connectivity index (χ0v) is 28.5. The fourth-order valence-corrected chi connectivity index (χ4v) is 4.92. The van der Waals surface area contributed by atoms with E-state index in [2.05, 4.69) is 40.9 Å². The van der Waals surface area contributed by atoms with Crippen molar-refractivity contribution >= 4 is 52.6 Å². The lowest BCUT2D eigenvalue weighted by molar-refractivity contribution is -0.193. The summed E-state index contributed by atoms with van der Waals surface area (Å²) >= 11 is 13.2. The van der Waals surface area contributed by atoms with E-state index in [1.165, 1.54) is 5.56 Å². The van der Waals surface area contributed by atoms with Gasteiger partial charge >= 0.3 is 30.3 Å². The molecule has 1 aliphatic heterocycles. The van der Waals surface area contributed by atoms with Gasteiger partial charge in [-0.15, -0.1) is 0 Å². The molecule has 7 N–H and O–H groups in total. The van der Waals surface area contributed by atoms with E-state index in [1.807, 2.05) is 12.1 Å². The number of carbonyl (C=O) groups is 4. The molecule has 20 heteroatoms. The van der Waals surface area contributed by atoms with Gasteiger partial charge in [0, 0.05) is 30.8 Å². The van der Waals surface area contributed by atoms with Crippen LogP contribution in [0.1, 0.15) is 53.9 Å². The van der Waals surface area contributed by atoms with E-state index in [0.29, 0.717) is 35.5 Å². The van der Waals surface area contributed by atoms with E-state index in [1.54, 1.807) is 19.2 Å². The Kier molecular flexibility index (Phi) is 17.6. The fraction of sp³-hybridized carbons (Fsp3) is 0.467. The average molecular weight is 765 g/mol. The molecular weight excluding hydrogens is 727 g/mol. The Morgan fingerprint density at radius 3 is 2.10 bits per heavy atom. The van der Waals surface area contributed by atoms with Crippen LogP contribution in [0.3, 0.4) is 0 Å². The van der Waals surface area contributed by atoms with Crippen molar-refractivity contribution in [2.24, 2.45) is 5.73 Å². The van der Waals surface area contributed by atoms with Crippen molar-refractivity contribution < 1.29 is 60.5 Å². The number of alkyl halides is 6. The second-order valence-electron chi connectivity index (χ2n) is 10.5. The van der Waals surface area contributed by atoms with Crippen LogP contribution in [0.4, 0.5) is 36.8 Å². The van der Waals surface area contributed by atoms with Gasteiger partial charge in [-0.05, 0) is 70.0 Å². The third kappa shape index (κ3) is 13.7. The Bertz CT molecular complexity index is 1460. The summed E-state index contributed by atoms with van der Waals surface area (Å²) in [7, 11) is 3.80. The van der Waals surface area contributed by atoms with Gasteiger partial charge in [-0.3, -0.25) is 10.1 Å². The Labute approximate surface area is 293 Å². The standard InChI is InChI=1S/C26H35Cl2N5O3.2C2HF3O2/c1-16-9-10-17-7-6-8-21(24(17)33(16)3)36-25(30-2)22-19(27)12-11-18(23(22)28)20(34)15-32-26(35)31-14-5-4-13-29;2*3-2(4,5)1(6)7/h6-8,11-12,16,25,30H,4-5,9-10,13-15,29H2,1-3H3,(H2,31,32,35);2*(H,6,7). The highest BCUT2D eigenvalue weighted by Gasteiger charge is 2.39. The van der Waals surface area contributed by atoms with Crippen LogP contribution >= 0.6 is 23.2 Å². The molecule has 0 aromatic heterocycles. The summed E-state index contributed by atoms with van der Waals surface area (Å²) < 4.78 is 69.9. The summed E-state index contributed by atoms with van der Waals surface area (Å²) in [5, 5.41) is 23.2. The number of Topliss-reactive ketones (excluding diaryl/α,β-unsaturated/α-hetero) is 1. The number of anilines is 1. The summed E-state index contributed by atoms with van der Waals surface area (Å²) in [6.07, 6.45) is -7.23. The first-order valence-electron chi connectivity index (χ1n) is 14.7. The van der Waals surface area contributed by atoms with Crippen molar-refractivity contribution in [3.63, 3.8) is 0 Å². The number of hydrogen-bond acceptors (Lipinski definition) is 8. The highest BCUT2D eigenvalue weighted by molar-refractivity contribution is 6.38. The number of amides is 2. The number of ether oxygens (including phenoxy) is 1. The highest BCUT2D eigenvalue weighted by Crippen LogP contribution is 2.41. The van der Waals surface area contributed by atoms with Gasteiger partial charge in [0.15, 0.2) is 12.0 Å². The summed E-state index contributed by atoms with van der Waals surface area (Å²) in [6.45, 7) is 3.04. The van der Waals surface area contributed by atoms with Crippen LogP contribution in [0.25, 0.3) is 0 Å². The number of urea groups is 1. The maximum Gasteiger partial charge on any atom is 0.490 e. The monoisotopic (exact) mass is 763 g/mol. The molecule has 2 unspecified atom stereocenters. The molecule has 1 aliphatic rings. The first-order valence-corrected chi connectivity index (χ1v) is 15.4. The number of fused-ring (bicyclic) bond motifs is 1. The Hall–Kier alpha value is -4.00. The second kappa shape index (κ2) is 20.0. The van der Waals surface area contributed by atoms with E-state index >= 15 is 0 Å². The van der Waals surface area contributed by atoms with Gasteiger partial charge in [-0.1, -0.05) is 35.3 Å². The molecule has 0 bridgehead atoms. The lowest BCUT2D eigenvalue weighted by Gasteiger charge is -2.36. The molecular formula is C30H37Cl2F6N5O7. The molecule has 12 nitrogen and oxygen atoms in total. The molecule has 0 saturated heterocycles. The van der Waals surface area contributed by atoms with Crippen LogP contribution in [0.5, 0.6) is 5.75 Å². The van der Waals surface area contributed by atoms with Crippen molar-refractivity contribution in [1.29, 1.82) is 0 Å². The number of aryl methyl sites for hydroxylation is 1. The first-order chi connectivity index (χ1) is 23.2. The number of benzene rings is 2. The van der Waals surface area contributed by atoms with Gasteiger partial charge in [-0.2, -0.15) is 26.3 Å². The minimum atomic E-state index is -5.08. The van der Waals surface area contributed by atoms with E-state index in [0.717, 1.165) is 31.4 Å². The number of unbranched alkanes of at least 4 members (excludes halogenated alkanes) is 1. The van der Waals surface area contributed by atoms with Crippen molar-refractivity contribution in [1.82, 2.24) is 16.0 Å². The summed E-state index contributed by atoms with van der Waals surface area (Å²) in [5.41, 5.74) is 8.42. The Morgan fingerprint density at radius 2 is 1.58 bits per heavy atom. The van der Waals surface area contributed by atoms with Crippen molar-refractivity contribution in [2.75, 3.05) is 38.6 Å². The molecule has 0 aliphatic carbocycles. The van der Waals surface area contributed by atoms with Gasteiger partial charge in [0.25, 0.3) is 0 Å². The number of nitrogens with one attached hydrogen (secondary N) is 3. The number of ketones is 1. The van der Waals surface area contributed by atoms with Crippen LogP contribution in [0.2, 0.25) is 10.0 Å². The number of carboxylic acid groups (broad SMARTS) is 2. The van der Waals surface area contributed by atoms with E-state index in [4.69, 9.17) is 53.5 Å². The predicted octanol–water partition coefficient (Wildman–Crippen LogP) is 5.55. The summed E-state index contributed by atoms with van der Waals surface area (Å²) in [4.78, 5) is 44.9. The minimum Gasteiger partial charge on any atom is -0.475 e. The lowest BCUT2D eigenvalue weighted by atomic mass is 9.96. The van der Waals surface area contributed by atoms with Gasteiger partial charge in [0.1, 0.15) is 5.75 Å². The number of para-hydroxylation sites is 1. The zero-order valence-electron chi connectivity index (χ0n) is 27.0. The lowest BCUT2D eigenvalue weighted by Crippen LogP contribution is -2.39. The van der Waals surface area contributed by atoms with Gasteiger partial charge < -0.3 is 36.2 Å². The molecule has 3 rings (SSSR count). The summed E-state index contributed by atoms with van der Waals surface area (Å²) in [5.74, 6) is -5.15. The predicted molar refractivity (Wildman–Crippen MR) is 173 cm³/mol. The molecule has 2 aromatic carbocycles. The average Bonchev–Trinajstić information content (AvgIpc) is 3.03. The van der Waals surface area contributed by atoms with Crippen molar-refractivity contribution in [3.05, 3.63) is 57.1 Å². The number of nitrogens with two attached hydrogens (primary N) is 1. The second-order valence-corrected chi connectivity index (χ2v) is 11.3. The maximum atomic E-state index is 12.9. The maximum absolute atomic E-state index is 12.9. The molecule has 0 saturated carbocycles. The SMILES string of the molecule is CNC(Oc1cccc2c1N(C)C(C)CC2)c1c(Cl)ccc(C(=O)CNC(=O)NCCCCN)c1Cl.O=C(O)C(F)(F)F.O=C(O)C(F)(F)F. The molecule has 2 aromatic rings. The van der Waals surface area contributed by atoms with Gasteiger partial charge in [-0.25, -0.2) is 14.4 Å². The number of aliphatic carboxylic acids is 2. The third-order valence-electron chi connectivity index (χ3n) is 6.94. The largest absolute Gasteiger partial charge is 0.490 e. The molecule has 0 radical (unpaired) electrons. The van der Waals surface area contributed by atoms with E-state index in [9.17, 15) is 35.9 Å². The number of carbonyl (C=O) groups excluding carboxylic acids is 2. The van der Waals surface area contributed by atoms with Crippen molar-refractivity contribution in [2.45, 2.75) is 57.2 Å². The molecule has 0 spiro atoms. The molecule has 1 heterocycles. The van der Waals surface area contributed by atoms with E-state index < -0.39 is 36.6 Å². The Morgan fingerprint density at radius 1 is 1.00 bits per heavy atom. The smallest absolute Gasteiger partial charge is 0.475 e. The zero-order chi connectivity index (χ0) is 38.4. The number of carboxylic acids is 2. The van der Waals surface area contributed by atoms with Crippen molar-refractivity contribution in [3.8, 4) is 5.75 Å². The van der Waals surface area contributed by atoms with Gasteiger partial charge in [0.05, 0.1) is 22.3 Å². The first kappa shape index (κ1) is 44.0.